The molecular formula is C11H14Cl2N2O2. The van der Waals surface area contributed by atoms with Gasteiger partial charge in [-0.3, -0.25) is 0 Å². The maximum atomic E-state index is 11.1. The molecule has 0 fully saturated rings. The first-order valence-electron chi connectivity index (χ1n) is 5.19. The summed E-state index contributed by atoms with van der Waals surface area (Å²) in [4.78, 5) is 11.1. The number of amides is 2. The minimum absolute atomic E-state index is 0.0905. The molecule has 0 saturated heterocycles. The molecule has 0 spiro atoms. The molecule has 4 nitrogen and oxygen atoms in total. The molecule has 1 rings (SSSR count). The van der Waals surface area contributed by atoms with Gasteiger partial charge in [-0.25, -0.2) is 4.79 Å². The van der Waals surface area contributed by atoms with E-state index in [4.69, 9.17) is 23.2 Å². The predicted molar refractivity (Wildman–Crippen MR) is 68.5 cm³/mol. The Morgan fingerprint density at radius 2 is 2.12 bits per heavy atom. The Morgan fingerprint density at radius 3 is 2.71 bits per heavy atom. The van der Waals surface area contributed by atoms with Crippen LogP contribution < -0.4 is 10.6 Å². The van der Waals surface area contributed by atoms with Crippen LogP contribution in [-0.4, -0.2) is 24.2 Å². The van der Waals surface area contributed by atoms with E-state index in [0.29, 0.717) is 22.2 Å². The van der Waals surface area contributed by atoms with Gasteiger partial charge in [0.25, 0.3) is 0 Å². The quantitative estimate of drug-likeness (QED) is 0.791. The summed E-state index contributed by atoms with van der Waals surface area (Å²) in [7, 11) is 0. The van der Waals surface area contributed by atoms with Crippen LogP contribution in [0.5, 0.6) is 0 Å². The molecule has 1 aromatic carbocycles. The van der Waals surface area contributed by atoms with Crippen molar-refractivity contribution in [2.45, 2.75) is 13.0 Å². The first kappa shape index (κ1) is 14.1. The van der Waals surface area contributed by atoms with Crippen molar-refractivity contribution in [1.82, 2.24) is 10.6 Å². The first-order valence-corrected chi connectivity index (χ1v) is 5.95. The van der Waals surface area contributed by atoms with E-state index in [0.717, 1.165) is 0 Å². The number of aliphatic hydroxyl groups is 1. The predicted octanol–water partition coefficient (Wildman–Crippen LogP) is 2.35. The van der Waals surface area contributed by atoms with Gasteiger partial charge in [0.1, 0.15) is 0 Å². The zero-order valence-corrected chi connectivity index (χ0v) is 10.8. The van der Waals surface area contributed by atoms with Crippen molar-refractivity contribution in [3.8, 4) is 0 Å². The van der Waals surface area contributed by atoms with Crippen LogP contribution in [0.1, 0.15) is 18.6 Å². The molecule has 2 amide bonds. The molecule has 1 atom stereocenters. The minimum Gasteiger partial charge on any atom is -0.387 e. The van der Waals surface area contributed by atoms with Crippen LogP contribution in [0.4, 0.5) is 4.79 Å². The lowest BCUT2D eigenvalue weighted by molar-refractivity contribution is 0.173. The molecule has 0 radical (unpaired) electrons. The molecule has 3 N–H and O–H groups in total. The van der Waals surface area contributed by atoms with Crippen molar-refractivity contribution >= 4 is 29.2 Å². The van der Waals surface area contributed by atoms with Gasteiger partial charge in [-0.15, -0.1) is 0 Å². The lowest BCUT2D eigenvalue weighted by atomic mass is 10.1. The number of hydrogen-bond acceptors (Lipinski definition) is 2. The summed E-state index contributed by atoms with van der Waals surface area (Å²) in [6.45, 7) is 2.43. The summed E-state index contributed by atoms with van der Waals surface area (Å²) in [5, 5.41) is 15.8. The second-order valence-electron chi connectivity index (χ2n) is 3.42. The van der Waals surface area contributed by atoms with Crippen molar-refractivity contribution in [3.63, 3.8) is 0 Å². The van der Waals surface area contributed by atoms with Crippen molar-refractivity contribution in [2.75, 3.05) is 13.1 Å². The highest BCUT2D eigenvalue weighted by Gasteiger charge is 2.12. The number of urea groups is 1. The van der Waals surface area contributed by atoms with Gasteiger partial charge in [0.15, 0.2) is 0 Å². The summed E-state index contributed by atoms with van der Waals surface area (Å²) in [5.41, 5.74) is 0.535. The van der Waals surface area contributed by atoms with Crippen molar-refractivity contribution in [3.05, 3.63) is 33.8 Å². The fourth-order valence-corrected chi connectivity index (χ4v) is 1.83. The van der Waals surface area contributed by atoms with Crippen LogP contribution in [0.3, 0.4) is 0 Å². The summed E-state index contributed by atoms with van der Waals surface area (Å²) in [5.74, 6) is 0. The van der Waals surface area contributed by atoms with Crippen molar-refractivity contribution < 1.29 is 9.90 Å². The summed E-state index contributed by atoms with van der Waals surface area (Å²) < 4.78 is 0. The largest absolute Gasteiger partial charge is 0.387 e. The minimum atomic E-state index is -0.859. The number of hydrogen-bond donors (Lipinski definition) is 3. The van der Waals surface area contributed by atoms with Crippen LogP contribution in [0.25, 0.3) is 0 Å². The van der Waals surface area contributed by atoms with Gasteiger partial charge in [0.05, 0.1) is 6.10 Å². The van der Waals surface area contributed by atoms with Crippen LogP contribution in [0.15, 0.2) is 18.2 Å². The van der Waals surface area contributed by atoms with Crippen molar-refractivity contribution in [2.24, 2.45) is 0 Å². The van der Waals surface area contributed by atoms with Crippen molar-refractivity contribution in [1.29, 1.82) is 0 Å². The Hall–Kier alpha value is -0.970. The molecule has 1 unspecified atom stereocenters. The van der Waals surface area contributed by atoms with E-state index in [2.05, 4.69) is 10.6 Å². The van der Waals surface area contributed by atoms with E-state index in [1.807, 2.05) is 6.92 Å². The third-order valence-corrected chi connectivity index (χ3v) is 2.68. The zero-order valence-electron chi connectivity index (χ0n) is 9.34. The zero-order chi connectivity index (χ0) is 12.8. The third-order valence-electron chi connectivity index (χ3n) is 2.11. The van der Waals surface area contributed by atoms with E-state index in [-0.39, 0.29) is 12.6 Å². The maximum Gasteiger partial charge on any atom is 0.314 e. The van der Waals surface area contributed by atoms with Gasteiger partial charge >= 0.3 is 6.03 Å². The molecule has 0 heterocycles. The summed E-state index contributed by atoms with van der Waals surface area (Å²) >= 11 is 11.7. The fraction of sp³-hybridized carbons (Fsp3) is 0.364. The van der Waals surface area contributed by atoms with Gasteiger partial charge in [0, 0.05) is 28.7 Å². The fourth-order valence-electron chi connectivity index (χ4n) is 1.29. The molecule has 0 aliphatic rings. The van der Waals surface area contributed by atoms with Gasteiger partial charge < -0.3 is 15.7 Å². The van der Waals surface area contributed by atoms with E-state index in [1.165, 1.54) is 0 Å². The van der Waals surface area contributed by atoms with Crippen LogP contribution in [0.2, 0.25) is 10.0 Å². The Kier molecular flexibility index (Phi) is 5.55. The molecule has 0 aromatic heterocycles. The van der Waals surface area contributed by atoms with Gasteiger partial charge in [-0.2, -0.15) is 0 Å². The lowest BCUT2D eigenvalue weighted by Gasteiger charge is -2.14. The highest BCUT2D eigenvalue weighted by Crippen LogP contribution is 2.25. The van der Waals surface area contributed by atoms with Crippen LogP contribution in [-0.2, 0) is 0 Å². The van der Waals surface area contributed by atoms with Gasteiger partial charge in [0.2, 0.25) is 0 Å². The normalized spacial score (nSPS) is 12.0. The maximum absolute atomic E-state index is 11.1. The number of rotatable bonds is 4. The second kappa shape index (κ2) is 6.69. The summed E-state index contributed by atoms with van der Waals surface area (Å²) in [6.07, 6.45) is -0.859. The Bertz CT molecular complexity index is 399. The first-order chi connectivity index (χ1) is 8.04. The number of nitrogens with one attached hydrogen (secondary N) is 2. The van der Waals surface area contributed by atoms with Crippen LogP contribution >= 0.6 is 23.2 Å². The number of aliphatic hydroxyl groups excluding tert-OH is 1. The molecule has 0 aliphatic heterocycles. The van der Waals surface area contributed by atoms with Gasteiger partial charge in [-0.1, -0.05) is 29.3 Å². The van der Waals surface area contributed by atoms with E-state index < -0.39 is 6.10 Å². The van der Waals surface area contributed by atoms with Gasteiger partial charge in [-0.05, 0) is 19.1 Å². The number of carbonyl (C=O) groups excluding carboxylic acids is 1. The van der Waals surface area contributed by atoms with Crippen LogP contribution in [0, 0.1) is 0 Å². The number of carbonyl (C=O) groups is 1. The average Bonchev–Trinajstić information content (AvgIpc) is 2.26. The molecule has 17 heavy (non-hydrogen) atoms. The highest BCUT2D eigenvalue weighted by atomic mass is 35.5. The average molecular weight is 277 g/mol. The molecule has 6 heteroatoms. The van der Waals surface area contributed by atoms with E-state index >= 15 is 0 Å². The molecule has 94 valence electrons. The monoisotopic (exact) mass is 276 g/mol. The number of halogens is 2. The topological polar surface area (TPSA) is 61.4 Å². The molecule has 0 aliphatic carbocycles. The standard InChI is InChI=1S/C11H14Cl2N2O2/c1-2-14-11(17)15-6-10(16)8-4-3-7(12)5-9(8)13/h3-5,10,16H,2,6H2,1H3,(H2,14,15,17). The smallest absolute Gasteiger partial charge is 0.314 e. The lowest BCUT2D eigenvalue weighted by Crippen LogP contribution is -2.37. The van der Waals surface area contributed by atoms with E-state index in [1.54, 1.807) is 18.2 Å². The number of benzene rings is 1. The Morgan fingerprint density at radius 1 is 1.41 bits per heavy atom. The molecular weight excluding hydrogens is 263 g/mol. The second-order valence-corrected chi connectivity index (χ2v) is 4.27. The summed E-state index contributed by atoms with van der Waals surface area (Å²) in [6, 6.07) is 4.50. The molecule has 1 aromatic rings. The SMILES string of the molecule is CCNC(=O)NCC(O)c1ccc(Cl)cc1Cl. The Labute approximate surface area is 110 Å². The Balaban J connectivity index is 2.57. The highest BCUT2D eigenvalue weighted by molar-refractivity contribution is 6.35. The van der Waals surface area contributed by atoms with E-state index in [9.17, 15) is 9.90 Å². The molecule has 0 bridgehead atoms. The third kappa shape index (κ3) is 4.42. The molecule has 0 saturated carbocycles.